The number of benzene rings is 1. The van der Waals surface area contributed by atoms with Crippen LogP contribution >= 0.6 is 23.2 Å². The standard InChI is InChI=1S/C14H19Cl2NO/c1-3-10(4-2)13(16)9-17-14(18)11-7-5-6-8-12(11)15/h5-8,10,13H,3-4,9H2,1-2H3,(H,17,18). The normalized spacial score (nSPS) is 12.5. The lowest BCUT2D eigenvalue weighted by atomic mass is 9.99. The Morgan fingerprint density at radius 1 is 1.28 bits per heavy atom. The quantitative estimate of drug-likeness (QED) is 0.784. The van der Waals surface area contributed by atoms with Gasteiger partial charge in [-0.05, 0) is 18.1 Å². The zero-order valence-corrected chi connectivity index (χ0v) is 12.3. The molecular weight excluding hydrogens is 269 g/mol. The minimum atomic E-state index is -0.169. The molecule has 100 valence electrons. The van der Waals surface area contributed by atoms with E-state index in [9.17, 15) is 4.79 Å². The molecule has 1 aromatic carbocycles. The Bertz CT molecular complexity index is 391. The Balaban J connectivity index is 2.54. The molecule has 0 aliphatic carbocycles. The monoisotopic (exact) mass is 287 g/mol. The summed E-state index contributed by atoms with van der Waals surface area (Å²) in [4.78, 5) is 11.9. The van der Waals surface area contributed by atoms with Crippen molar-refractivity contribution in [1.29, 1.82) is 0 Å². The molecule has 1 N–H and O–H groups in total. The molecule has 0 aromatic heterocycles. The number of rotatable bonds is 6. The van der Waals surface area contributed by atoms with Gasteiger partial charge in [0.1, 0.15) is 0 Å². The molecule has 1 rings (SSSR count). The number of hydrogen-bond donors (Lipinski definition) is 1. The molecular formula is C14H19Cl2NO. The molecule has 1 atom stereocenters. The van der Waals surface area contributed by atoms with Gasteiger partial charge < -0.3 is 5.32 Å². The topological polar surface area (TPSA) is 29.1 Å². The summed E-state index contributed by atoms with van der Waals surface area (Å²) in [5.74, 6) is 0.260. The molecule has 0 aliphatic rings. The molecule has 0 spiro atoms. The first-order valence-corrected chi connectivity index (χ1v) is 7.08. The van der Waals surface area contributed by atoms with Gasteiger partial charge in [0.25, 0.3) is 5.91 Å². The van der Waals surface area contributed by atoms with E-state index in [0.717, 1.165) is 12.8 Å². The summed E-state index contributed by atoms with van der Waals surface area (Å²) in [7, 11) is 0. The molecule has 0 saturated heterocycles. The van der Waals surface area contributed by atoms with Gasteiger partial charge in [-0.1, -0.05) is 50.4 Å². The number of nitrogens with one attached hydrogen (secondary N) is 1. The number of carbonyl (C=O) groups excluding carboxylic acids is 1. The summed E-state index contributed by atoms with van der Waals surface area (Å²) in [5.41, 5.74) is 0.493. The van der Waals surface area contributed by atoms with E-state index in [1.165, 1.54) is 0 Å². The zero-order valence-electron chi connectivity index (χ0n) is 10.7. The Hall–Kier alpha value is -0.730. The molecule has 18 heavy (non-hydrogen) atoms. The van der Waals surface area contributed by atoms with Crippen LogP contribution in [0, 0.1) is 5.92 Å². The van der Waals surface area contributed by atoms with Crippen molar-refractivity contribution in [3.8, 4) is 0 Å². The predicted molar refractivity (Wildman–Crippen MR) is 77.5 cm³/mol. The maximum absolute atomic E-state index is 11.9. The van der Waals surface area contributed by atoms with Crippen LogP contribution in [0.5, 0.6) is 0 Å². The van der Waals surface area contributed by atoms with Crippen LogP contribution < -0.4 is 5.32 Å². The number of amides is 1. The van der Waals surface area contributed by atoms with Crippen molar-refractivity contribution in [2.45, 2.75) is 32.1 Å². The highest BCUT2D eigenvalue weighted by molar-refractivity contribution is 6.33. The van der Waals surface area contributed by atoms with Crippen LogP contribution in [0.1, 0.15) is 37.0 Å². The molecule has 4 heteroatoms. The fraction of sp³-hybridized carbons (Fsp3) is 0.500. The van der Waals surface area contributed by atoms with Crippen LogP contribution in [-0.4, -0.2) is 17.8 Å². The van der Waals surface area contributed by atoms with E-state index in [2.05, 4.69) is 19.2 Å². The third-order valence-electron chi connectivity index (χ3n) is 3.14. The summed E-state index contributed by atoms with van der Waals surface area (Å²) in [6.07, 6.45) is 2.04. The third-order valence-corrected chi connectivity index (χ3v) is 3.98. The summed E-state index contributed by atoms with van der Waals surface area (Å²) < 4.78 is 0. The van der Waals surface area contributed by atoms with E-state index in [4.69, 9.17) is 23.2 Å². The summed E-state index contributed by atoms with van der Waals surface area (Å²) in [6, 6.07) is 7.00. The van der Waals surface area contributed by atoms with Gasteiger partial charge in [-0.2, -0.15) is 0 Å². The molecule has 0 saturated carbocycles. The predicted octanol–water partition coefficient (Wildman–Crippen LogP) is 4.11. The number of alkyl halides is 1. The van der Waals surface area contributed by atoms with Crippen LogP contribution in [0.4, 0.5) is 0 Å². The van der Waals surface area contributed by atoms with Crippen LogP contribution in [0.3, 0.4) is 0 Å². The molecule has 0 bridgehead atoms. The second kappa shape index (κ2) is 7.65. The van der Waals surface area contributed by atoms with Crippen molar-refractivity contribution in [2.75, 3.05) is 6.54 Å². The first kappa shape index (κ1) is 15.3. The first-order chi connectivity index (χ1) is 8.60. The first-order valence-electron chi connectivity index (χ1n) is 6.26. The van der Waals surface area contributed by atoms with E-state index in [1.807, 2.05) is 0 Å². The van der Waals surface area contributed by atoms with Crippen LogP contribution in [0.2, 0.25) is 5.02 Å². The molecule has 0 heterocycles. The number of hydrogen-bond acceptors (Lipinski definition) is 1. The van der Waals surface area contributed by atoms with Crippen molar-refractivity contribution in [2.24, 2.45) is 5.92 Å². The minimum absolute atomic E-state index is 0.0357. The van der Waals surface area contributed by atoms with Gasteiger partial charge in [0, 0.05) is 6.54 Å². The van der Waals surface area contributed by atoms with E-state index >= 15 is 0 Å². The van der Waals surface area contributed by atoms with Gasteiger partial charge in [0.2, 0.25) is 0 Å². The Morgan fingerprint density at radius 2 is 1.89 bits per heavy atom. The van der Waals surface area contributed by atoms with Gasteiger partial charge in [-0.15, -0.1) is 11.6 Å². The highest BCUT2D eigenvalue weighted by Gasteiger charge is 2.17. The fourth-order valence-electron chi connectivity index (χ4n) is 1.90. The zero-order chi connectivity index (χ0) is 13.5. The van der Waals surface area contributed by atoms with Gasteiger partial charge in [-0.25, -0.2) is 0 Å². The Morgan fingerprint density at radius 3 is 2.44 bits per heavy atom. The fourth-order valence-corrected chi connectivity index (χ4v) is 2.55. The smallest absolute Gasteiger partial charge is 0.252 e. The summed E-state index contributed by atoms with van der Waals surface area (Å²) in [6.45, 7) is 4.69. The van der Waals surface area contributed by atoms with Gasteiger partial charge >= 0.3 is 0 Å². The van der Waals surface area contributed by atoms with Gasteiger partial charge in [0.15, 0.2) is 0 Å². The lowest BCUT2D eigenvalue weighted by Gasteiger charge is -2.19. The highest BCUT2D eigenvalue weighted by Crippen LogP contribution is 2.18. The SMILES string of the molecule is CCC(CC)C(Cl)CNC(=O)c1ccccc1Cl. The van der Waals surface area contributed by atoms with Crippen molar-refractivity contribution >= 4 is 29.1 Å². The average Bonchev–Trinajstić information content (AvgIpc) is 2.38. The second-order valence-corrected chi connectivity index (χ2v) is 5.25. The number of halogens is 2. The Kier molecular flexibility index (Phi) is 6.51. The maximum atomic E-state index is 11.9. The minimum Gasteiger partial charge on any atom is -0.350 e. The molecule has 1 aromatic rings. The van der Waals surface area contributed by atoms with Crippen LogP contribution in [0.25, 0.3) is 0 Å². The van der Waals surface area contributed by atoms with Crippen LogP contribution in [0.15, 0.2) is 24.3 Å². The molecule has 1 amide bonds. The summed E-state index contributed by atoms with van der Waals surface area (Å²) >= 11 is 12.2. The van der Waals surface area contributed by atoms with Gasteiger partial charge in [0.05, 0.1) is 16.0 Å². The molecule has 0 aliphatic heterocycles. The lowest BCUT2D eigenvalue weighted by molar-refractivity contribution is 0.0951. The van der Waals surface area contributed by atoms with Crippen molar-refractivity contribution in [3.63, 3.8) is 0 Å². The Labute approximate surface area is 119 Å². The molecule has 0 fully saturated rings. The van der Waals surface area contributed by atoms with Crippen LogP contribution in [-0.2, 0) is 0 Å². The molecule has 1 unspecified atom stereocenters. The van der Waals surface area contributed by atoms with E-state index in [1.54, 1.807) is 24.3 Å². The van der Waals surface area contributed by atoms with E-state index in [0.29, 0.717) is 23.0 Å². The van der Waals surface area contributed by atoms with Crippen molar-refractivity contribution in [3.05, 3.63) is 34.9 Å². The lowest BCUT2D eigenvalue weighted by Crippen LogP contribution is -2.33. The average molecular weight is 288 g/mol. The van der Waals surface area contributed by atoms with Crippen molar-refractivity contribution < 1.29 is 4.79 Å². The summed E-state index contributed by atoms with van der Waals surface area (Å²) in [5, 5.41) is 3.26. The molecule has 0 radical (unpaired) electrons. The van der Waals surface area contributed by atoms with Crippen molar-refractivity contribution in [1.82, 2.24) is 5.32 Å². The van der Waals surface area contributed by atoms with E-state index in [-0.39, 0.29) is 11.3 Å². The maximum Gasteiger partial charge on any atom is 0.252 e. The van der Waals surface area contributed by atoms with E-state index < -0.39 is 0 Å². The highest BCUT2D eigenvalue weighted by atomic mass is 35.5. The third kappa shape index (κ3) is 4.18. The second-order valence-electron chi connectivity index (χ2n) is 4.28. The number of carbonyl (C=O) groups is 1. The molecule has 2 nitrogen and oxygen atoms in total. The van der Waals surface area contributed by atoms with Gasteiger partial charge in [-0.3, -0.25) is 4.79 Å². The largest absolute Gasteiger partial charge is 0.350 e.